The lowest BCUT2D eigenvalue weighted by molar-refractivity contribution is 0.595. The highest BCUT2D eigenvalue weighted by Gasteiger charge is 2.02. The van der Waals surface area contributed by atoms with Crippen molar-refractivity contribution in [3.8, 4) is 11.8 Å². The van der Waals surface area contributed by atoms with Crippen molar-refractivity contribution in [2.45, 2.75) is 0 Å². The first kappa shape index (κ1) is 17.8. The smallest absolute Gasteiger partial charge is 0.234 e. The maximum absolute atomic E-state index is 11.9. The molecule has 1 N–H and O–H groups in total. The van der Waals surface area contributed by atoms with E-state index in [4.69, 9.17) is 0 Å². The molecule has 124 valence electrons. The van der Waals surface area contributed by atoms with E-state index in [2.05, 4.69) is 16.6 Å². The number of hydrogen-bond donors (Lipinski definition) is 1. The van der Waals surface area contributed by atoms with Crippen LogP contribution >= 0.6 is 0 Å². The van der Waals surface area contributed by atoms with Crippen LogP contribution in [0.15, 0.2) is 60.0 Å². The quantitative estimate of drug-likeness (QED) is 0.852. The van der Waals surface area contributed by atoms with Crippen molar-refractivity contribution in [2.75, 3.05) is 25.5 Å². The van der Waals surface area contributed by atoms with E-state index < -0.39 is 10.0 Å². The lowest BCUT2D eigenvalue weighted by Crippen LogP contribution is -2.21. The number of benzene rings is 2. The molecule has 0 atom stereocenters. The third kappa shape index (κ3) is 5.92. The maximum Gasteiger partial charge on any atom is 0.234 e. The molecule has 0 amide bonds. The zero-order valence-corrected chi connectivity index (χ0v) is 14.5. The number of anilines is 1. The number of nitrogens with one attached hydrogen (secondary N) is 1. The minimum atomic E-state index is -3.49. The average Bonchev–Trinajstić information content (AvgIpc) is 2.58. The average molecular weight is 340 g/mol. The van der Waals surface area contributed by atoms with Crippen molar-refractivity contribution in [1.29, 1.82) is 0 Å². The summed E-state index contributed by atoms with van der Waals surface area (Å²) in [6.45, 7) is 0.0664. The first-order chi connectivity index (χ1) is 11.5. The Labute approximate surface area is 143 Å². The molecule has 2 aromatic carbocycles. The van der Waals surface area contributed by atoms with E-state index in [0.717, 1.165) is 22.2 Å². The van der Waals surface area contributed by atoms with Gasteiger partial charge >= 0.3 is 0 Å². The molecule has 0 aromatic heterocycles. The van der Waals surface area contributed by atoms with Gasteiger partial charge in [-0.1, -0.05) is 42.2 Å². The van der Waals surface area contributed by atoms with Crippen molar-refractivity contribution in [1.82, 2.24) is 4.72 Å². The number of hydrogen-bond acceptors (Lipinski definition) is 3. The molecule has 0 radical (unpaired) electrons. The van der Waals surface area contributed by atoms with Crippen molar-refractivity contribution in [2.24, 2.45) is 0 Å². The molecule has 0 heterocycles. The molecule has 2 rings (SSSR count). The monoisotopic (exact) mass is 340 g/mol. The normalized spacial score (nSPS) is 11.1. The maximum atomic E-state index is 11.9. The van der Waals surface area contributed by atoms with Crippen LogP contribution in [0.1, 0.15) is 11.1 Å². The number of rotatable bonds is 5. The van der Waals surface area contributed by atoms with Gasteiger partial charge in [-0.2, -0.15) is 4.72 Å². The van der Waals surface area contributed by atoms with Gasteiger partial charge in [0.25, 0.3) is 0 Å². The van der Waals surface area contributed by atoms with Crippen molar-refractivity contribution in [3.63, 3.8) is 0 Å². The summed E-state index contributed by atoms with van der Waals surface area (Å²) in [6, 6.07) is 17.0. The molecule has 0 aliphatic rings. The van der Waals surface area contributed by atoms with Crippen molar-refractivity contribution >= 4 is 21.8 Å². The Bertz CT molecular complexity index is 844. The Balaban J connectivity index is 1.90. The van der Waals surface area contributed by atoms with Crippen LogP contribution in [0.5, 0.6) is 0 Å². The van der Waals surface area contributed by atoms with Crippen LogP contribution in [-0.2, 0) is 10.0 Å². The van der Waals surface area contributed by atoms with Gasteiger partial charge in [0.2, 0.25) is 10.0 Å². The summed E-state index contributed by atoms with van der Waals surface area (Å²) in [4.78, 5) is 2.00. The van der Waals surface area contributed by atoms with Gasteiger partial charge in [0.05, 0.1) is 6.54 Å². The zero-order chi connectivity index (χ0) is 17.4. The second kappa shape index (κ2) is 8.34. The van der Waals surface area contributed by atoms with E-state index in [1.165, 1.54) is 0 Å². The highest BCUT2D eigenvalue weighted by Crippen LogP contribution is 2.11. The molecule has 0 fully saturated rings. The van der Waals surface area contributed by atoms with E-state index in [9.17, 15) is 8.42 Å². The van der Waals surface area contributed by atoms with E-state index in [-0.39, 0.29) is 6.54 Å². The summed E-state index contributed by atoms with van der Waals surface area (Å²) in [7, 11) is 0.449. The summed E-state index contributed by atoms with van der Waals surface area (Å²) < 4.78 is 26.2. The van der Waals surface area contributed by atoms with Gasteiger partial charge in [0.15, 0.2) is 0 Å². The molecular formula is C19H20N2O2S. The summed E-state index contributed by atoms with van der Waals surface area (Å²) >= 11 is 0. The molecule has 5 heteroatoms. The van der Waals surface area contributed by atoms with Crippen LogP contribution < -0.4 is 9.62 Å². The summed E-state index contributed by atoms with van der Waals surface area (Å²) in [5.41, 5.74) is 2.77. The summed E-state index contributed by atoms with van der Waals surface area (Å²) in [5.74, 6) is 5.75. The van der Waals surface area contributed by atoms with Crippen LogP contribution in [0.3, 0.4) is 0 Å². The molecule has 0 aliphatic carbocycles. The first-order valence-electron chi connectivity index (χ1n) is 7.45. The third-order valence-electron chi connectivity index (χ3n) is 3.22. The Kier molecular flexibility index (Phi) is 6.19. The SMILES string of the molecule is CN(C)c1ccc(C#CCNS(=O)(=O)/C=C/c2ccccc2)cc1. The topological polar surface area (TPSA) is 49.4 Å². The van der Waals surface area contributed by atoms with Gasteiger partial charge in [-0.3, -0.25) is 0 Å². The molecule has 2 aromatic rings. The molecule has 4 nitrogen and oxygen atoms in total. The molecule has 0 spiro atoms. The van der Waals surface area contributed by atoms with Gasteiger partial charge in [0, 0.05) is 30.8 Å². The van der Waals surface area contributed by atoms with Crippen LogP contribution in [0.25, 0.3) is 6.08 Å². The standard InChI is InChI=1S/C19H20N2O2S/c1-21(2)19-12-10-18(11-13-19)9-6-15-20-24(22,23)16-14-17-7-4-3-5-8-17/h3-5,7-8,10-14,16,20H,15H2,1-2H3/b16-14+. The van der Waals surface area contributed by atoms with Gasteiger partial charge in [0.1, 0.15) is 0 Å². The predicted octanol–water partition coefficient (Wildman–Crippen LogP) is 2.69. The molecule has 0 unspecified atom stereocenters. The van der Waals surface area contributed by atoms with Gasteiger partial charge in [-0.25, -0.2) is 8.42 Å². The van der Waals surface area contributed by atoms with Crippen LogP contribution in [-0.4, -0.2) is 29.1 Å². The fourth-order valence-corrected chi connectivity index (χ4v) is 2.61. The molecule has 0 bridgehead atoms. The molecule has 0 aliphatic heterocycles. The Morgan fingerprint density at radius 2 is 1.71 bits per heavy atom. The zero-order valence-electron chi connectivity index (χ0n) is 13.7. The summed E-state index contributed by atoms with van der Waals surface area (Å²) in [5, 5.41) is 1.15. The van der Waals surface area contributed by atoms with Crippen LogP contribution in [0.4, 0.5) is 5.69 Å². The van der Waals surface area contributed by atoms with Gasteiger partial charge in [-0.15, -0.1) is 0 Å². The number of nitrogens with zero attached hydrogens (tertiary/aromatic N) is 1. The minimum Gasteiger partial charge on any atom is -0.378 e. The predicted molar refractivity (Wildman–Crippen MR) is 100 cm³/mol. The number of sulfonamides is 1. The second-order valence-electron chi connectivity index (χ2n) is 5.32. The Morgan fingerprint density at radius 3 is 2.33 bits per heavy atom. The third-order valence-corrected chi connectivity index (χ3v) is 4.26. The largest absolute Gasteiger partial charge is 0.378 e. The first-order valence-corrected chi connectivity index (χ1v) is 9.00. The summed E-state index contributed by atoms with van der Waals surface area (Å²) in [6.07, 6.45) is 1.55. The fourth-order valence-electron chi connectivity index (χ4n) is 1.91. The van der Waals surface area contributed by atoms with E-state index in [0.29, 0.717) is 0 Å². The molecule has 0 saturated carbocycles. The minimum absolute atomic E-state index is 0.0664. The lowest BCUT2D eigenvalue weighted by atomic mass is 10.2. The highest BCUT2D eigenvalue weighted by molar-refractivity contribution is 7.92. The van der Waals surface area contributed by atoms with E-state index in [1.54, 1.807) is 6.08 Å². The van der Waals surface area contributed by atoms with Crippen molar-refractivity contribution in [3.05, 3.63) is 71.1 Å². The van der Waals surface area contributed by atoms with Crippen LogP contribution in [0.2, 0.25) is 0 Å². The van der Waals surface area contributed by atoms with E-state index in [1.807, 2.05) is 73.6 Å². The molecule has 24 heavy (non-hydrogen) atoms. The van der Waals surface area contributed by atoms with Crippen LogP contribution in [0, 0.1) is 11.8 Å². The lowest BCUT2D eigenvalue weighted by Gasteiger charge is -2.11. The highest BCUT2D eigenvalue weighted by atomic mass is 32.2. The van der Waals surface area contributed by atoms with Crippen molar-refractivity contribution < 1.29 is 8.42 Å². The molecule has 0 saturated heterocycles. The Hall–Kier alpha value is -2.55. The second-order valence-corrected chi connectivity index (χ2v) is 6.97. The van der Waals surface area contributed by atoms with E-state index >= 15 is 0 Å². The Morgan fingerprint density at radius 1 is 1.04 bits per heavy atom. The van der Waals surface area contributed by atoms with Gasteiger partial charge < -0.3 is 4.90 Å². The molecular weight excluding hydrogens is 320 g/mol. The van der Waals surface area contributed by atoms with Gasteiger partial charge in [-0.05, 0) is 35.9 Å². The fraction of sp³-hybridized carbons (Fsp3) is 0.158.